The average molecular weight is 289 g/mol. The Morgan fingerprint density at radius 2 is 2.10 bits per heavy atom. The van der Waals surface area contributed by atoms with Crippen LogP contribution < -0.4 is 11.1 Å². The second-order valence-electron chi connectivity index (χ2n) is 5.93. The lowest BCUT2D eigenvalue weighted by molar-refractivity contribution is -0.134. The van der Waals surface area contributed by atoms with Crippen molar-refractivity contribution in [3.05, 3.63) is 35.9 Å². The Bertz CT molecular complexity index is 522. The van der Waals surface area contributed by atoms with Crippen LogP contribution in [0, 0.1) is 11.3 Å². The van der Waals surface area contributed by atoms with Crippen molar-refractivity contribution in [2.45, 2.75) is 39.2 Å². The van der Waals surface area contributed by atoms with E-state index in [0.29, 0.717) is 18.8 Å². The van der Waals surface area contributed by atoms with Crippen LogP contribution in [-0.2, 0) is 4.79 Å². The molecule has 0 aromatic heterocycles. The Labute approximate surface area is 125 Å². The fourth-order valence-electron chi connectivity index (χ4n) is 3.14. The van der Waals surface area contributed by atoms with Gasteiger partial charge in [0.15, 0.2) is 5.84 Å². The maximum absolute atomic E-state index is 12.7. The first-order chi connectivity index (χ1) is 10.0. The summed E-state index contributed by atoms with van der Waals surface area (Å²) in [5.41, 5.74) is 5.99. The summed E-state index contributed by atoms with van der Waals surface area (Å²) in [7, 11) is 0. The number of carbonyl (C=O) groups excluding carboxylic acids is 1. The van der Waals surface area contributed by atoms with Crippen molar-refractivity contribution in [2.75, 3.05) is 0 Å². The van der Waals surface area contributed by atoms with E-state index >= 15 is 0 Å². The highest BCUT2D eigenvalue weighted by Gasteiger charge is 2.52. The molecule has 1 saturated carbocycles. The highest BCUT2D eigenvalue weighted by atomic mass is 16.4. The fourth-order valence-corrected chi connectivity index (χ4v) is 3.14. The molecule has 1 aliphatic carbocycles. The smallest absolute Gasteiger partial charge is 0.234 e. The van der Waals surface area contributed by atoms with E-state index in [4.69, 9.17) is 10.9 Å². The van der Waals surface area contributed by atoms with Gasteiger partial charge in [-0.05, 0) is 30.7 Å². The number of amidine groups is 1. The lowest BCUT2D eigenvalue weighted by atomic mass is 9.61. The van der Waals surface area contributed by atoms with Crippen LogP contribution in [0.5, 0.6) is 0 Å². The predicted molar refractivity (Wildman–Crippen MR) is 81.9 cm³/mol. The van der Waals surface area contributed by atoms with Gasteiger partial charge < -0.3 is 16.3 Å². The summed E-state index contributed by atoms with van der Waals surface area (Å²) in [6.07, 6.45) is 2.04. The molecule has 5 nitrogen and oxygen atoms in total. The van der Waals surface area contributed by atoms with Gasteiger partial charge in [-0.3, -0.25) is 4.79 Å². The normalized spacial score (nSPS) is 26.8. The zero-order chi connectivity index (χ0) is 15.5. The van der Waals surface area contributed by atoms with Crippen LogP contribution in [-0.4, -0.2) is 17.0 Å². The van der Waals surface area contributed by atoms with Gasteiger partial charge >= 0.3 is 0 Å². The maximum atomic E-state index is 12.7. The third-order valence-corrected chi connectivity index (χ3v) is 4.34. The van der Waals surface area contributed by atoms with Crippen molar-refractivity contribution in [3.63, 3.8) is 0 Å². The van der Waals surface area contributed by atoms with Crippen molar-refractivity contribution >= 4 is 11.7 Å². The van der Waals surface area contributed by atoms with Gasteiger partial charge in [0, 0.05) is 0 Å². The zero-order valence-electron chi connectivity index (χ0n) is 12.5. The zero-order valence-corrected chi connectivity index (χ0v) is 12.5. The highest BCUT2D eigenvalue weighted by Crippen LogP contribution is 2.46. The molecule has 0 saturated heterocycles. The van der Waals surface area contributed by atoms with E-state index in [-0.39, 0.29) is 17.8 Å². The molecule has 0 radical (unpaired) electrons. The van der Waals surface area contributed by atoms with Crippen LogP contribution in [0.1, 0.15) is 44.7 Å². The monoisotopic (exact) mass is 289 g/mol. The van der Waals surface area contributed by atoms with Crippen LogP contribution in [0.25, 0.3) is 0 Å². The van der Waals surface area contributed by atoms with E-state index in [1.54, 1.807) is 0 Å². The van der Waals surface area contributed by atoms with Crippen molar-refractivity contribution in [3.8, 4) is 0 Å². The summed E-state index contributed by atoms with van der Waals surface area (Å²) in [4.78, 5) is 12.7. The van der Waals surface area contributed by atoms with Gasteiger partial charge in [0.25, 0.3) is 0 Å². The third kappa shape index (κ3) is 2.86. The summed E-state index contributed by atoms with van der Waals surface area (Å²) in [5, 5.41) is 15.1. The fraction of sp³-hybridized carbons (Fsp3) is 0.500. The van der Waals surface area contributed by atoms with E-state index in [1.807, 2.05) is 37.3 Å². The highest BCUT2D eigenvalue weighted by molar-refractivity contribution is 6.07. The number of nitrogens with two attached hydrogens (primary N) is 1. The number of rotatable bonds is 5. The number of hydrogen-bond acceptors (Lipinski definition) is 3. The second-order valence-corrected chi connectivity index (χ2v) is 5.93. The molecule has 1 unspecified atom stereocenters. The first kappa shape index (κ1) is 15.4. The molecule has 1 atom stereocenters. The van der Waals surface area contributed by atoms with E-state index in [9.17, 15) is 4.79 Å². The van der Waals surface area contributed by atoms with E-state index in [1.165, 1.54) is 0 Å². The van der Waals surface area contributed by atoms with Gasteiger partial charge in [-0.15, -0.1) is 0 Å². The number of nitrogens with zero attached hydrogens (tertiary/aromatic N) is 1. The van der Waals surface area contributed by atoms with E-state index in [0.717, 1.165) is 12.0 Å². The molecular weight excluding hydrogens is 266 g/mol. The van der Waals surface area contributed by atoms with Crippen LogP contribution in [0.15, 0.2) is 35.5 Å². The van der Waals surface area contributed by atoms with Gasteiger partial charge in [-0.25, -0.2) is 0 Å². The van der Waals surface area contributed by atoms with Crippen LogP contribution >= 0.6 is 0 Å². The number of nitrogens with one attached hydrogen (secondary N) is 1. The van der Waals surface area contributed by atoms with Crippen molar-refractivity contribution < 1.29 is 10.0 Å². The molecule has 4 N–H and O–H groups in total. The number of amides is 1. The third-order valence-electron chi connectivity index (χ3n) is 4.34. The molecule has 114 valence electrons. The molecular formula is C16H23N3O2. The Morgan fingerprint density at radius 1 is 1.48 bits per heavy atom. The molecule has 2 rings (SSSR count). The van der Waals surface area contributed by atoms with Gasteiger partial charge in [-0.1, -0.05) is 49.3 Å². The van der Waals surface area contributed by atoms with Crippen LogP contribution in [0.4, 0.5) is 0 Å². The molecule has 1 aromatic carbocycles. The Kier molecular flexibility index (Phi) is 4.50. The van der Waals surface area contributed by atoms with Gasteiger partial charge in [-0.2, -0.15) is 0 Å². The molecule has 1 aliphatic rings. The van der Waals surface area contributed by atoms with Crippen molar-refractivity contribution in [2.24, 2.45) is 22.2 Å². The molecule has 21 heavy (non-hydrogen) atoms. The SMILES string of the molecule is CCC(NC(=O)C1(/C(N)=N/O)CC(C)C1)c1ccccc1. The average Bonchev–Trinajstić information content (AvgIpc) is 2.49. The molecule has 0 spiro atoms. The Hall–Kier alpha value is -2.04. The van der Waals surface area contributed by atoms with Crippen molar-refractivity contribution in [1.29, 1.82) is 0 Å². The number of carbonyl (C=O) groups is 1. The molecule has 1 fully saturated rings. The minimum Gasteiger partial charge on any atom is -0.409 e. The molecule has 1 amide bonds. The summed E-state index contributed by atoms with van der Waals surface area (Å²) in [5.74, 6) is 0.278. The summed E-state index contributed by atoms with van der Waals surface area (Å²) in [6.45, 7) is 4.09. The summed E-state index contributed by atoms with van der Waals surface area (Å²) in [6, 6.07) is 9.79. The first-order valence-electron chi connectivity index (χ1n) is 7.37. The number of hydrogen-bond donors (Lipinski definition) is 3. The van der Waals surface area contributed by atoms with Gasteiger partial charge in [0.05, 0.1) is 6.04 Å². The number of benzene rings is 1. The minimum atomic E-state index is -0.851. The van der Waals surface area contributed by atoms with Crippen LogP contribution in [0.3, 0.4) is 0 Å². The first-order valence-corrected chi connectivity index (χ1v) is 7.37. The summed E-state index contributed by atoms with van der Waals surface area (Å²) >= 11 is 0. The molecule has 0 bridgehead atoms. The van der Waals surface area contributed by atoms with Gasteiger partial charge in [0.1, 0.15) is 5.41 Å². The van der Waals surface area contributed by atoms with Crippen molar-refractivity contribution in [1.82, 2.24) is 5.32 Å². The topological polar surface area (TPSA) is 87.7 Å². The largest absolute Gasteiger partial charge is 0.409 e. The number of oxime groups is 1. The molecule has 0 aliphatic heterocycles. The molecule has 5 heteroatoms. The quantitative estimate of drug-likeness (QED) is 0.337. The minimum absolute atomic E-state index is 0.0148. The molecule has 1 aromatic rings. The van der Waals surface area contributed by atoms with E-state index < -0.39 is 5.41 Å². The Morgan fingerprint density at radius 3 is 2.57 bits per heavy atom. The predicted octanol–water partition coefficient (Wildman–Crippen LogP) is 2.42. The lowest BCUT2D eigenvalue weighted by Gasteiger charge is -2.44. The Balaban J connectivity index is 2.15. The van der Waals surface area contributed by atoms with Gasteiger partial charge in [0.2, 0.25) is 5.91 Å². The summed E-state index contributed by atoms with van der Waals surface area (Å²) < 4.78 is 0. The lowest BCUT2D eigenvalue weighted by Crippen LogP contribution is -2.57. The van der Waals surface area contributed by atoms with Crippen LogP contribution in [0.2, 0.25) is 0 Å². The maximum Gasteiger partial charge on any atom is 0.234 e. The molecule has 0 heterocycles. The second kappa shape index (κ2) is 6.16. The standard InChI is InChI=1S/C16H23N3O2/c1-3-13(12-7-5-4-6-8-12)18-15(20)16(14(17)19-21)9-11(2)10-16/h4-8,11,13,21H,3,9-10H2,1-2H3,(H2,17,19)(H,18,20). The van der Waals surface area contributed by atoms with E-state index in [2.05, 4.69) is 17.4 Å².